The maximum Gasteiger partial charge on any atom is 0.0535 e. The first-order valence-corrected chi connectivity index (χ1v) is 6.25. The van der Waals surface area contributed by atoms with Crippen LogP contribution in [-0.4, -0.2) is 24.5 Å². The highest BCUT2D eigenvalue weighted by Gasteiger charge is 2.17. The summed E-state index contributed by atoms with van der Waals surface area (Å²) in [5, 5.41) is 3.32. The molecule has 0 spiro atoms. The lowest BCUT2D eigenvalue weighted by Crippen LogP contribution is -2.31. The highest BCUT2D eigenvalue weighted by molar-refractivity contribution is 8.76. The number of hydrogen-bond donors (Lipinski definition) is 3. The normalized spacial score (nSPS) is 12.0. The van der Waals surface area contributed by atoms with Crippen molar-refractivity contribution < 1.29 is 0 Å². The van der Waals surface area contributed by atoms with Crippen LogP contribution in [0, 0.1) is 0 Å². The summed E-state index contributed by atoms with van der Waals surface area (Å²) in [5.74, 6) is 0. The summed E-state index contributed by atoms with van der Waals surface area (Å²) in [6, 6.07) is 0. The Balaban J connectivity index is 3.42. The summed E-state index contributed by atoms with van der Waals surface area (Å²) in [6.07, 6.45) is 0. The van der Waals surface area contributed by atoms with Crippen molar-refractivity contribution in [3.05, 3.63) is 0 Å². The Kier molecular flexibility index (Phi) is 7.37. The van der Waals surface area contributed by atoms with Crippen molar-refractivity contribution in [2.24, 2.45) is 5.73 Å². The van der Waals surface area contributed by atoms with E-state index in [1.165, 1.54) is 0 Å². The quantitative estimate of drug-likeness (QED) is 0.254. The van der Waals surface area contributed by atoms with Crippen LogP contribution in [0.5, 0.6) is 0 Å². The third-order valence-corrected chi connectivity index (χ3v) is 4.13. The fourth-order valence-corrected chi connectivity index (χ4v) is 2.38. The van der Waals surface area contributed by atoms with Crippen LogP contribution >= 0.6 is 21.8 Å². The molecule has 0 aliphatic carbocycles. The molecule has 0 aliphatic rings. The number of hydrogen-bond acceptors (Lipinski definition) is 5. The minimum atomic E-state index is 0.253. The Bertz CT molecular complexity index is 109. The van der Waals surface area contributed by atoms with Crippen molar-refractivity contribution in [2.45, 2.75) is 25.5 Å². The van der Waals surface area contributed by atoms with Crippen LogP contribution in [-0.2, 0) is 0 Å². The molecule has 12 heavy (non-hydrogen) atoms. The van der Waals surface area contributed by atoms with Crippen molar-refractivity contribution in [1.82, 2.24) is 10.0 Å². The van der Waals surface area contributed by atoms with Crippen LogP contribution in [0.25, 0.3) is 0 Å². The molecule has 0 atom stereocenters. The highest BCUT2D eigenvalue weighted by Crippen LogP contribution is 2.32. The van der Waals surface area contributed by atoms with Crippen LogP contribution < -0.4 is 15.8 Å². The molecular formula is C7H19N3S2. The Labute approximate surface area is 83.2 Å². The second kappa shape index (κ2) is 7.03. The SMILES string of the molecule is CCNCC(C)(C)SSNCN. The van der Waals surface area contributed by atoms with E-state index in [2.05, 4.69) is 30.8 Å². The molecule has 0 aromatic rings. The fraction of sp³-hybridized carbons (Fsp3) is 1.00. The van der Waals surface area contributed by atoms with Crippen LogP contribution in [0.4, 0.5) is 0 Å². The van der Waals surface area contributed by atoms with Crippen molar-refractivity contribution in [2.75, 3.05) is 19.8 Å². The maximum atomic E-state index is 5.30. The van der Waals surface area contributed by atoms with Crippen LogP contribution in [0.3, 0.4) is 0 Å². The number of nitrogens with two attached hydrogens (primary N) is 1. The van der Waals surface area contributed by atoms with E-state index in [-0.39, 0.29) is 4.75 Å². The van der Waals surface area contributed by atoms with Gasteiger partial charge < -0.3 is 11.1 Å². The first-order chi connectivity index (χ1) is 5.62. The van der Waals surface area contributed by atoms with Crippen LogP contribution in [0.1, 0.15) is 20.8 Å². The first kappa shape index (κ1) is 12.6. The van der Waals surface area contributed by atoms with Crippen LogP contribution in [0.15, 0.2) is 0 Å². The fourth-order valence-electron chi connectivity index (χ4n) is 0.632. The number of rotatable bonds is 7. The van der Waals surface area contributed by atoms with Gasteiger partial charge in [0.25, 0.3) is 0 Å². The molecule has 3 nitrogen and oxygen atoms in total. The molecule has 0 saturated heterocycles. The molecule has 0 radical (unpaired) electrons. The van der Waals surface area contributed by atoms with Gasteiger partial charge in [-0.05, 0) is 31.4 Å². The monoisotopic (exact) mass is 209 g/mol. The summed E-state index contributed by atoms with van der Waals surface area (Å²) in [4.78, 5) is 0. The molecule has 0 heterocycles. The third-order valence-electron chi connectivity index (χ3n) is 1.21. The second-order valence-electron chi connectivity index (χ2n) is 3.06. The molecule has 0 aromatic carbocycles. The van der Waals surface area contributed by atoms with Gasteiger partial charge in [-0.2, -0.15) is 0 Å². The van der Waals surface area contributed by atoms with Gasteiger partial charge in [0.2, 0.25) is 0 Å². The summed E-state index contributed by atoms with van der Waals surface area (Å²) in [7, 11) is 3.42. The standard InChI is InChI=1S/C7H19N3S2/c1-4-9-5-7(2,3)11-12-10-6-8/h9-10H,4-6,8H2,1-3H3. The van der Waals surface area contributed by atoms with E-state index < -0.39 is 0 Å². The molecule has 4 N–H and O–H groups in total. The van der Waals surface area contributed by atoms with Crippen molar-refractivity contribution in [3.63, 3.8) is 0 Å². The molecule has 0 aliphatic heterocycles. The topological polar surface area (TPSA) is 50.1 Å². The van der Waals surface area contributed by atoms with E-state index in [1.54, 1.807) is 21.8 Å². The molecule has 0 unspecified atom stereocenters. The second-order valence-corrected chi connectivity index (χ2v) is 5.78. The first-order valence-electron chi connectivity index (χ1n) is 4.10. The zero-order chi connectivity index (χ0) is 9.45. The van der Waals surface area contributed by atoms with Gasteiger partial charge in [-0.25, -0.2) is 4.72 Å². The van der Waals surface area contributed by atoms with Gasteiger partial charge in [-0.15, -0.1) is 0 Å². The summed E-state index contributed by atoms with van der Waals surface area (Å²) < 4.78 is 3.26. The molecule has 0 rings (SSSR count). The zero-order valence-electron chi connectivity index (χ0n) is 8.02. The van der Waals surface area contributed by atoms with Gasteiger partial charge in [0.05, 0.1) is 6.67 Å². The minimum absolute atomic E-state index is 0.253. The lowest BCUT2D eigenvalue weighted by atomic mass is 10.2. The van der Waals surface area contributed by atoms with Crippen molar-refractivity contribution in [3.8, 4) is 0 Å². The number of nitrogens with one attached hydrogen (secondary N) is 2. The molecular weight excluding hydrogens is 190 g/mol. The van der Waals surface area contributed by atoms with Crippen LogP contribution in [0.2, 0.25) is 0 Å². The van der Waals surface area contributed by atoms with Crippen molar-refractivity contribution >= 4 is 21.8 Å². The molecule has 0 saturated carbocycles. The van der Waals surface area contributed by atoms with Crippen molar-refractivity contribution in [1.29, 1.82) is 0 Å². The van der Waals surface area contributed by atoms with Gasteiger partial charge in [0.15, 0.2) is 0 Å². The molecule has 5 heteroatoms. The molecule has 74 valence electrons. The van der Waals surface area contributed by atoms with Gasteiger partial charge in [-0.1, -0.05) is 17.7 Å². The largest absolute Gasteiger partial charge is 0.318 e. The summed E-state index contributed by atoms with van der Waals surface area (Å²) >= 11 is 0. The highest BCUT2D eigenvalue weighted by atomic mass is 33.1. The smallest absolute Gasteiger partial charge is 0.0535 e. The van der Waals surface area contributed by atoms with E-state index >= 15 is 0 Å². The summed E-state index contributed by atoms with van der Waals surface area (Å²) in [6.45, 7) is 9.12. The summed E-state index contributed by atoms with van der Waals surface area (Å²) in [5.41, 5.74) is 5.30. The lowest BCUT2D eigenvalue weighted by Gasteiger charge is -2.22. The van der Waals surface area contributed by atoms with E-state index in [0.29, 0.717) is 6.67 Å². The maximum absolute atomic E-state index is 5.30. The Morgan fingerprint density at radius 2 is 2.08 bits per heavy atom. The van der Waals surface area contributed by atoms with E-state index in [1.807, 2.05) is 0 Å². The third kappa shape index (κ3) is 7.24. The van der Waals surface area contributed by atoms with E-state index in [4.69, 9.17) is 5.73 Å². The van der Waals surface area contributed by atoms with E-state index in [9.17, 15) is 0 Å². The zero-order valence-corrected chi connectivity index (χ0v) is 9.65. The van der Waals surface area contributed by atoms with Gasteiger partial charge in [0.1, 0.15) is 0 Å². The average Bonchev–Trinajstić information content (AvgIpc) is 2.01. The Hall–Kier alpha value is 0.580. The Morgan fingerprint density at radius 1 is 1.42 bits per heavy atom. The molecule has 0 fully saturated rings. The lowest BCUT2D eigenvalue weighted by molar-refractivity contribution is 0.610. The minimum Gasteiger partial charge on any atom is -0.318 e. The molecule has 0 amide bonds. The van der Waals surface area contributed by atoms with Gasteiger partial charge in [-0.3, -0.25) is 0 Å². The van der Waals surface area contributed by atoms with Gasteiger partial charge >= 0.3 is 0 Å². The molecule has 0 aromatic heterocycles. The predicted molar refractivity (Wildman–Crippen MR) is 60.0 cm³/mol. The average molecular weight is 209 g/mol. The van der Waals surface area contributed by atoms with Gasteiger partial charge in [0, 0.05) is 11.3 Å². The van der Waals surface area contributed by atoms with E-state index in [0.717, 1.165) is 13.1 Å². The Morgan fingerprint density at radius 3 is 2.58 bits per heavy atom. The predicted octanol–water partition coefficient (Wildman–Crippen LogP) is 1.18. The molecule has 0 bridgehead atoms.